The number of fused-ring (bicyclic) bond motifs is 4. The molecule has 37 heavy (non-hydrogen) atoms. The zero-order valence-electron chi connectivity index (χ0n) is 21.0. The predicted molar refractivity (Wildman–Crippen MR) is 138 cm³/mol. The van der Waals surface area contributed by atoms with Crippen molar-refractivity contribution < 1.29 is 14.3 Å². The lowest BCUT2D eigenvalue weighted by Gasteiger charge is -2.52. The second-order valence-corrected chi connectivity index (χ2v) is 11.0. The Labute approximate surface area is 216 Å². The Morgan fingerprint density at radius 1 is 1.08 bits per heavy atom. The molecule has 4 fully saturated rings. The summed E-state index contributed by atoms with van der Waals surface area (Å²) in [5.74, 6) is 0.961. The smallest absolute Gasteiger partial charge is 0.410 e. The Hall–Kier alpha value is -3.55. The molecule has 1 amide bonds. The van der Waals surface area contributed by atoms with Gasteiger partial charge in [0.1, 0.15) is 19.0 Å². The first-order chi connectivity index (χ1) is 18.0. The largest absolute Gasteiger partial charge is 0.445 e. The van der Waals surface area contributed by atoms with Gasteiger partial charge in [-0.1, -0.05) is 36.4 Å². The van der Waals surface area contributed by atoms with Crippen LogP contribution in [0.2, 0.25) is 0 Å². The molecule has 8 nitrogen and oxygen atoms in total. The standard InChI is InChI=1S/C29H33N5O3/c30-31-18-25(35)29-13-10-28(11-14-29,12-15-29)21-8-9-22-23(17-21)33-26(32-22)24-7-4-16-34(24)27(36)37-19-20-5-2-1-3-6-20/h1-3,5-6,8-9,17,24,30H,4,7,10-16,18-19H2,(H,32,33). The van der Waals surface area contributed by atoms with Crippen molar-refractivity contribution in [3.05, 3.63) is 65.5 Å². The van der Waals surface area contributed by atoms with E-state index in [0.29, 0.717) is 6.54 Å². The van der Waals surface area contributed by atoms with E-state index in [1.807, 2.05) is 30.3 Å². The van der Waals surface area contributed by atoms with E-state index in [0.717, 1.165) is 73.8 Å². The van der Waals surface area contributed by atoms with Crippen LogP contribution in [0, 0.1) is 10.9 Å². The highest BCUT2D eigenvalue weighted by atomic mass is 16.6. The molecule has 2 heterocycles. The van der Waals surface area contributed by atoms with Gasteiger partial charge in [-0.15, -0.1) is 0 Å². The van der Waals surface area contributed by atoms with Crippen molar-refractivity contribution in [1.29, 1.82) is 5.53 Å². The van der Waals surface area contributed by atoms with E-state index < -0.39 is 0 Å². The number of hydrogen-bond donors (Lipinski definition) is 2. The Balaban J connectivity index is 1.18. The van der Waals surface area contributed by atoms with Crippen molar-refractivity contribution in [1.82, 2.24) is 14.9 Å². The van der Waals surface area contributed by atoms with Crippen LogP contribution >= 0.6 is 0 Å². The number of ketones is 1. The number of rotatable bonds is 7. The molecule has 7 rings (SSSR count). The Bertz CT molecular complexity index is 1310. The van der Waals surface area contributed by atoms with Crippen LogP contribution in [0.25, 0.3) is 11.0 Å². The van der Waals surface area contributed by atoms with E-state index in [9.17, 15) is 9.59 Å². The van der Waals surface area contributed by atoms with Crippen molar-refractivity contribution >= 4 is 22.9 Å². The van der Waals surface area contributed by atoms with Crippen LogP contribution in [0.5, 0.6) is 0 Å². The van der Waals surface area contributed by atoms with Gasteiger partial charge >= 0.3 is 6.09 Å². The highest BCUT2D eigenvalue weighted by Crippen LogP contribution is 2.58. The number of carbonyl (C=O) groups is 2. The number of Topliss-reactive ketones (excluding diaryl/α,β-unsaturated/α-hetero) is 1. The van der Waals surface area contributed by atoms with Gasteiger partial charge in [0.15, 0.2) is 5.78 Å². The number of amides is 1. The molecule has 192 valence electrons. The molecule has 3 aliphatic carbocycles. The zero-order valence-corrected chi connectivity index (χ0v) is 21.0. The molecular weight excluding hydrogens is 466 g/mol. The second kappa shape index (κ2) is 9.39. The van der Waals surface area contributed by atoms with Gasteiger partial charge < -0.3 is 9.72 Å². The van der Waals surface area contributed by atoms with E-state index in [2.05, 4.69) is 28.3 Å². The fourth-order valence-electron chi connectivity index (χ4n) is 6.87. The van der Waals surface area contributed by atoms with Crippen molar-refractivity contribution in [2.45, 2.75) is 69.4 Å². The molecule has 8 heteroatoms. The fourth-order valence-corrected chi connectivity index (χ4v) is 6.87. The van der Waals surface area contributed by atoms with Gasteiger partial charge in [0.25, 0.3) is 0 Å². The molecule has 1 aliphatic heterocycles. The average Bonchev–Trinajstić information content (AvgIpc) is 3.60. The van der Waals surface area contributed by atoms with Crippen LogP contribution in [0.15, 0.2) is 53.6 Å². The SMILES string of the molecule is N=NCC(=O)C12CCC(c3ccc4nc(C5CCCN5C(=O)OCc5ccccc5)[nH]c4c3)(CC1)CC2. The van der Waals surface area contributed by atoms with Crippen LogP contribution in [-0.4, -0.2) is 39.8 Å². The lowest BCUT2D eigenvalue weighted by molar-refractivity contribution is -0.134. The van der Waals surface area contributed by atoms with E-state index >= 15 is 0 Å². The number of aromatic amines is 1. The molecule has 4 aliphatic rings. The number of imidazole rings is 1. The molecule has 1 atom stereocenters. The summed E-state index contributed by atoms with van der Waals surface area (Å²) in [6.07, 6.45) is 7.11. The lowest BCUT2D eigenvalue weighted by atomic mass is 9.51. The van der Waals surface area contributed by atoms with Crippen molar-refractivity contribution in [2.24, 2.45) is 10.5 Å². The number of carbonyl (C=O) groups excluding carboxylic acids is 2. The van der Waals surface area contributed by atoms with Gasteiger partial charge in [-0.2, -0.15) is 5.11 Å². The topological polar surface area (TPSA) is 112 Å². The molecule has 0 radical (unpaired) electrons. The fraction of sp³-hybridized carbons (Fsp3) is 0.483. The van der Waals surface area contributed by atoms with Crippen LogP contribution in [0.4, 0.5) is 4.79 Å². The number of benzene rings is 2. The quantitative estimate of drug-likeness (QED) is 0.375. The van der Waals surface area contributed by atoms with Crippen LogP contribution in [0.1, 0.15) is 74.4 Å². The van der Waals surface area contributed by atoms with E-state index in [-0.39, 0.29) is 41.9 Å². The third-order valence-electron chi connectivity index (χ3n) is 9.18. The highest BCUT2D eigenvalue weighted by molar-refractivity contribution is 5.87. The number of nitrogens with one attached hydrogen (secondary N) is 2. The molecule has 2 N–H and O–H groups in total. The average molecular weight is 500 g/mol. The molecule has 2 bridgehead atoms. The molecule has 3 saturated carbocycles. The summed E-state index contributed by atoms with van der Waals surface area (Å²) in [6.45, 7) is 0.949. The highest BCUT2D eigenvalue weighted by Gasteiger charge is 2.52. The third kappa shape index (κ3) is 4.22. The van der Waals surface area contributed by atoms with E-state index in [1.165, 1.54) is 5.56 Å². The number of nitrogens with zero attached hydrogens (tertiary/aromatic N) is 3. The van der Waals surface area contributed by atoms with Gasteiger partial charge in [0, 0.05) is 12.0 Å². The van der Waals surface area contributed by atoms with Gasteiger partial charge in [-0.3, -0.25) is 9.69 Å². The summed E-state index contributed by atoms with van der Waals surface area (Å²) in [4.78, 5) is 35.7. The number of ether oxygens (including phenoxy) is 1. The van der Waals surface area contributed by atoms with Crippen molar-refractivity contribution in [2.75, 3.05) is 13.1 Å². The van der Waals surface area contributed by atoms with Crippen molar-refractivity contribution in [3.8, 4) is 0 Å². The minimum Gasteiger partial charge on any atom is -0.445 e. The normalized spacial score (nSPS) is 26.9. The van der Waals surface area contributed by atoms with Crippen molar-refractivity contribution in [3.63, 3.8) is 0 Å². The molecule has 2 aromatic carbocycles. The maximum atomic E-state index is 12.9. The maximum Gasteiger partial charge on any atom is 0.410 e. The third-order valence-corrected chi connectivity index (χ3v) is 9.18. The van der Waals surface area contributed by atoms with E-state index in [1.54, 1.807) is 4.90 Å². The number of hydrogen-bond acceptors (Lipinski definition) is 6. The minimum atomic E-state index is -0.299. The molecular formula is C29H33N5O3. The first-order valence-corrected chi connectivity index (χ1v) is 13.4. The number of likely N-dealkylation sites (tertiary alicyclic amines) is 1. The minimum absolute atomic E-state index is 0.0217. The lowest BCUT2D eigenvalue weighted by Crippen LogP contribution is -2.48. The second-order valence-electron chi connectivity index (χ2n) is 11.0. The summed E-state index contributed by atoms with van der Waals surface area (Å²) >= 11 is 0. The van der Waals surface area contributed by atoms with Crippen LogP contribution < -0.4 is 0 Å². The first kappa shape index (κ1) is 23.8. The molecule has 1 unspecified atom stereocenters. The summed E-state index contributed by atoms with van der Waals surface area (Å²) in [6, 6.07) is 16.1. The van der Waals surface area contributed by atoms with Crippen LogP contribution in [0.3, 0.4) is 0 Å². The molecule has 1 aromatic heterocycles. The van der Waals surface area contributed by atoms with Crippen LogP contribution in [-0.2, 0) is 21.6 Å². The number of H-pyrrole nitrogens is 1. The van der Waals surface area contributed by atoms with Gasteiger partial charge in [0.05, 0.1) is 17.1 Å². The maximum absolute atomic E-state index is 12.9. The predicted octanol–water partition coefficient (Wildman–Crippen LogP) is 6.23. The summed E-state index contributed by atoms with van der Waals surface area (Å²) in [7, 11) is 0. The Morgan fingerprint density at radius 2 is 1.84 bits per heavy atom. The monoisotopic (exact) mass is 499 g/mol. The molecule has 3 aromatic rings. The number of aromatic nitrogens is 2. The zero-order chi connectivity index (χ0) is 25.5. The Kier molecular flexibility index (Phi) is 6.05. The van der Waals surface area contributed by atoms with Gasteiger partial charge in [0.2, 0.25) is 0 Å². The molecule has 1 saturated heterocycles. The first-order valence-electron chi connectivity index (χ1n) is 13.4. The van der Waals surface area contributed by atoms with Gasteiger partial charge in [-0.05, 0) is 80.0 Å². The Morgan fingerprint density at radius 3 is 2.57 bits per heavy atom. The van der Waals surface area contributed by atoms with Gasteiger partial charge in [-0.25, -0.2) is 15.3 Å². The molecule has 0 spiro atoms. The van der Waals surface area contributed by atoms with E-state index in [4.69, 9.17) is 15.3 Å². The summed E-state index contributed by atoms with van der Waals surface area (Å²) in [5.41, 5.74) is 11.1. The summed E-state index contributed by atoms with van der Waals surface area (Å²) in [5, 5.41) is 3.36. The summed E-state index contributed by atoms with van der Waals surface area (Å²) < 4.78 is 5.61.